The van der Waals surface area contributed by atoms with Gasteiger partial charge >= 0.3 is 0 Å². The Morgan fingerprint density at radius 2 is 1.23 bits per heavy atom. The highest BCUT2D eigenvalue weighted by Crippen LogP contribution is 2.22. The van der Waals surface area contributed by atoms with Crippen molar-refractivity contribution < 1.29 is 4.74 Å². The molecule has 22 heavy (non-hydrogen) atoms. The van der Waals surface area contributed by atoms with Crippen LogP contribution < -0.4 is 4.74 Å². The molecule has 118 valence electrons. The number of hydrogen-bond donors (Lipinski definition) is 0. The van der Waals surface area contributed by atoms with E-state index < -0.39 is 0 Å². The van der Waals surface area contributed by atoms with Crippen LogP contribution in [0.4, 0.5) is 0 Å². The van der Waals surface area contributed by atoms with Gasteiger partial charge in [0, 0.05) is 0 Å². The Balaban J connectivity index is 1.74. The molecule has 0 saturated carbocycles. The molecule has 0 N–H and O–H groups in total. The first kappa shape index (κ1) is 16.6. The topological polar surface area (TPSA) is 9.23 Å². The molecule has 0 aromatic heterocycles. The summed E-state index contributed by atoms with van der Waals surface area (Å²) in [5.74, 6) is 1.81. The number of ether oxygens (including phenoxy) is 1. The van der Waals surface area contributed by atoms with Gasteiger partial charge in [0.25, 0.3) is 0 Å². The number of aryl methyl sites for hydroxylation is 2. The highest BCUT2D eigenvalue weighted by Gasteiger charge is 1.99. The Labute approximate surface area is 135 Å². The third-order valence-corrected chi connectivity index (χ3v) is 4.00. The fourth-order valence-electron chi connectivity index (χ4n) is 2.58. The first-order chi connectivity index (χ1) is 10.8. The van der Waals surface area contributed by atoms with Crippen LogP contribution in [0.3, 0.4) is 0 Å². The minimum Gasteiger partial charge on any atom is -0.457 e. The zero-order chi connectivity index (χ0) is 15.6. The van der Waals surface area contributed by atoms with Crippen LogP contribution in [0.5, 0.6) is 11.5 Å². The molecule has 2 aromatic rings. The molecular formula is C21H28O. The summed E-state index contributed by atoms with van der Waals surface area (Å²) >= 11 is 0. The molecular weight excluding hydrogens is 268 g/mol. The number of rotatable bonds is 9. The molecule has 1 heteroatoms. The average Bonchev–Trinajstić information content (AvgIpc) is 2.54. The molecule has 0 radical (unpaired) electrons. The number of unbranched alkanes of at least 4 members (excludes halogenated alkanes) is 5. The summed E-state index contributed by atoms with van der Waals surface area (Å²) < 4.78 is 5.86. The quantitative estimate of drug-likeness (QED) is 0.468. The van der Waals surface area contributed by atoms with Crippen LogP contribution in [0.2, 0.25) is 0 Å². The van der Waals surface area contributed by atoms with Gasteiger partial charge in [-0.15, -0.1) is 0 Å². The maximum atomic E-state index is 5.86. The van der Waals surface area contributed by atoms with Crippen LogP contribution >= 0.6 is 0 Å². The van der Waals surface area contributed by atoms with Gasteiger partial charge in [-0.05, 0) is 49.6 Å². The van der Waals surface area contributed by atoms with Gasteiger partial charge in [-0.2, -0.15) is 0 Å². The summed E-state index contributed by atoms with van der Waals surface area (Å²) in [7, 11) is 0. The van der Waals surface area contributed by atoms with Crippen LogP contribution in [0.25, 0.3) is 0 Å². The van der Waals surface area contributed by atoms with Gasteiger partial charge in [-0.3, -0.25) is 0 Å². The second kappa shape index (κ2) is 9.30. The number of benzene rings is 2. The largest absolute Gasteiger partial charge is 0.457 e. The smallest absolute Gasteiger partial charge is 0.127 e. The molecule has 1 nitrogen and oxygen atoms in total. The molecule has 0 saturated heterocycles. The Kier molecular flexibility index (Phi) is 7.02. The second-order valence-electron chi connectivity index (χ2n) is 6.08. The molecule has 0 aliphatic carbocycles. The molecule has 0 aliphatic rings. The Hall–Kier alpha value is -1.76. The predicted molar refractivity (Wildman–Crippen MR) is 94.8 cm³/mol. The monoisotopic (exact) mass is 296 g/mol. The maximum Gasteiger partial charge on any atom is 0.127 e. The van der Waals surface area contributed by atoms with Crippen molar-refractivity contribution in [1.29, 1.82) is 0 Å². The van der Waals surface area contributed by atoms with Crippen molar-refractivity contribution in [3.8, 4) is 11.5 Å². The van der Waals surface area contributed by atoms with Gasteiger partial charge in [0.1, 0.15) is 11.5 Å². The van der Waals surface area contributed by atoms with Crippen molar-refractivity contribution in [3.05, 3.63) is 59.7 Å². The van der Waals surface area contributed by atoms with E-state index >= 15 is 0 Å². The fraction of sp³-hybridized carbons (Fsp3) is 0.429. The average molecular weight is 296 g/mol. The molecule has 0 spiro atoms. The highest BCUT2D eigenvalue weighted by molar-refractivity contribution is 5.34. The fourth-order valence-corrected chi connectivity index (χ4v) is 2.58. The zero-order valence-electron chi connectivity index (χ0n) is 14.0. The van der Waals surface area contributed by atoms with Crippen molar-refractivity contribution in [2.45, 2.75) is 58.8 Å². The number of hydrogen-bond acceptors (Lipinski definition) is 1. The molecule has 2 rings (SSSR count). The first-order valence-electron chi connectivity index (χ1n) is 8.61. The summed E-state index contributed by atoms with van der Waals surface area (Å²) in [6.07, 6.45) is 9.29. The molecule has 0 fully saturated rings. The van der Waals surface area contributed by atoms with E-state index in [1.165, 1.54) is 56.1 Å². The van der Waals surface area contributed by atoms with Crippen LogP contribution in [-0.4, -0.2) is 0 Å². The van der Waals surface area contributed by atoms with Crippen molar-refractivity contribution >= 4 is 0 Å². The summed E-state index contributed by atoms with van der Waals surface area (Å²) in [5.41, 5.74) is 2.66. The normalized spacial score (nSPS) is 10.6. The van der Waals surface area contributed by atoms with Gasteiger partial charge in [-0.25, -0.2) is 0 Å². The lowest BCUT2D eigenvalue weighted by Gasteiger charge is -2.07. The van der Waals surface area contributed by atoms with Gasteiger partial charge in [0.2, 0.25) is 0 Å². The minimum absolute atomic E-state index is 0.897. The van der Waals surface area contributed by atoms with Crippen LogP contribution in [-0.2, 0) is 6.42 Å². The molecule has 2 aromatic carbocycles. The lowest BCUT2D eigenvalue weighted by molar-refractivity contribution is 0.482. The molecule has 0 atom stereocenters. The molecule has 0 heterocycles. The van der Waals surface area contributed by atoms with Crippen molar-refractivity contribution in [2.24, 2.45) is 0 Å². The maximum absolute atomic E-state index is 5.86. The molecule has 0 aliphatic heterocycles. The van der Waals surface area contributed by atoms with Crippen molar-refractivity contribution in [3.63, 3.8) is 0 Å². The van der Waals surface area contributed by atoms with E-state index in [-0.39, 0.29) is 0 Å². The van der Waals surface area contributed by atoms with E-state index in [1.54, 1.807) is 0 Å². The van der Waals surface area contributed by atoms with Crippen LogP contribution in [0.15, 0.2) is 48.5 Å². The molecule has 0 unspecified atom stereocenters. The second-order valence-corrected chi connectivity index (χ2v) is 6.08. The van der Waals surface area contributed by atoms with E-state index in [4.69, 9.17) is 4.74 Å². The van der Waals surface area contributed by atoms with E-state index in [0.29, 0.717) is 0 Å². The van der Waals surface area contributed by atoms with Crippen LogP contribution in [0.1, 0.15) is 56.6 Å². The highest BCUT2D eigenvalue weighted by atomic mass is 16.5. The van der Waals surface area contributed by atoms with E-state index in [0.717, 1.165) is 11.5 Å². The summed E-state index contributed by atoms with van der Waals surface area (Å²) in [4.78, 5) is 0. The zero-order valence-corrected chi connectivity index (χ0v) is 14.0. The van der Waals surface area contributed by atoms with Gasteiger partial charge in [-0.1, -0.05) is 68.9 Å². The van der Waals surface area contributed by atoms with Crippen molar-refractivity contribution in [1.82, 2.24) is 0 Å². The lowest BCUT2D eigenvalue weighted by Crippen LogP contribution is -1.88. The Bertz CT molecular complexity index is 525. The van der Waals surface area contributed by atoms with E-state index in [2.05, 4.69) is 50.2 Å². The SMILES string of the molecule is CCCCCCCCc1ccc(Oc2ccc(C)cc2)cc1. The Morgan fingerprint density at radius 3 is 1.86 bits per heavy atom. The molecule has 0 bridgehead atoms. The van der Waals surface area contributed by atoms with E-state index in [9.17, 15) is 0 Å². The Morgan fingerprint density at radius 1 is 0.682 bits per heavy atom. The van der Waals surface area contributed by atoms with Crippen molar-refractivity contribution in [2.75, 3.05) is 0 Å². The van der Waals surface area contributed by atoms with Crippen LogP contribution in [0, 0.1) is 6.92 Å². The first-order valence-corrected chi connectivity index (χ1v) is 8.61. The minimum atomic E-state index is 0.897. The van der Waals surface area contributed by atoms with E-state index in [1.807, 2.05) is 12.1 Å². The van der Waals surface area contributed by atoms with Gasteiger partial charge in [0.05, 0.1) is 0 Å². The third-order valence-electron chi connectivity index (χ3n) is 4.00. The summed E-state index contributed by atoms with van der Waals surface area (Å²) in [5, 5.41) is 0. The predicted octanol–water partition coefficient (Wildman–Crippen LogP) is 6.69. The summed E-state index contributed by atoms with van der Waals surface area (Å²) in [6.45, 7) is 4.35. The summed E-state index contributed by atoms with van der Waals surface area (Å²) in [6, 6.07) is 16.7. The molecule has 0 amide bonds. The van der Waals surface area contributed by atoms with Gasteiger partial charge in [0.15, 0.2) is 0 Å². The third kappa shape index (κ3) is 5.93. The van der Waals surface area contributed by atoms with Gasteiger partial charge < -0.3 is 4.74 Å². The lowest BCUT2D eigenvalue weighted by atomic mass is 10.0. The standard InChI is InChI=1S/C21H28O/c1-3-4-5-6-7-8-9-19-12-16-21(17-13-19)22-20-14-10-18(2)11-15-20/h10-17H,3-9H2,1-2H3.